The lowest BCUT2D eigenvalue weighted by Crippen LogP contribution is -2.28. The van der Waals surface area contributed by atoms with E-state index in [1.807, 2.05) is 47.8 Å². The Hall–Kier alpha value is -2.38. The summed E-state index contributed by atoms with van der Waals surface area (Å²) in [5.41, 5.74) is 6.52. The van der Waals surface area contributed by atoms with E-state index in [0.29, 0.717) is 17.4 Å². The summed E-state index contributed by atoms with van der Waals surface area (Å²) in [6.45, 7) is 0.478. The maximum absolute atomic E-state index is 11.8. The molecule has 3 aromatic rings. The normalized spacial score (nSPS) is 10.4. The van der Waals surface area contributed by atoms with Gasteiger partial charge < -0.3 is 15.8 Å². The van der Waals surface area contributed by atoms with E-state index in [1.165, 1.54) is 11.3 Å². The van der Waals surface area contributed by atoms with Crippen molar-refractivity contribution in [3.05, 3.63) is 52.7 Å². The van der Waals surface area contributed by atoms with Gasteiger partial charge in [-0.05, 0) is 24.3 Å². The number of hydrogen-bond donors (Lipinski definition) is 2. The summed E-state index contributed by atoms with van der Waals surface area (Å²) in [7, 11) is 0. The third kappa shape index (κ3) is 4.30. The van der Waals surface area contributed by atoms with E-state index in [-0.39, 0.29) is 12.5 Å². The molecular formula is C16H15N3O2S2. The standard InChI is InChI=1S/C16H15N3O2S2/c17-16-19-13(10-22-16)14-7-6-12(23-14)8-18-15(20)9-21-11-4-2-1-3-5-11/h1-7,10H,8-9H2,(H2,17,19)(H,18,20). The molecular weight excluding hydrogens is 330 g/mol. The van der Waals surface area contributed by atoms with Gasteiger partial charge in [0, 0.05) is 10.3 Å². The summed E-state index contributed by atoms with van der Waals surface area (Å²) < 4.78 is 5.40. The molecule has 2 aromatic heterocycles. The van der Waals surface area contributed by atoms with Gasteiger partial charge in [0.1, 0.15) is 5.75 Å². The van der Waals surface area contributed by atoms with Crippen LogP contribution < -0.4 is 15.8 Å². The molecule has 0 atom stereocenters. The fourth-order valence-corrected chi connectivity index (χ4v) is 3.46. The summed E-state index contributed by atoms with van der Waals surface area (Å²) in [6, 6.07) is 13.2. The first-order valence-electron chi connectivity index (χ1n) is 6.95. The third-order valence-electron chi connectivity index (χ3n) is 3.01. The van der Waals surface area contributed by atoms with Crippen molar-refractivity contribution in [2.24, 2.45) is 0 Å². The highest BCUT2D eigenvalue weighted by Crippen LogP contribution is 2.29. The number of carbonyl (C=O) groups excluding carboxylic acids is 1. The number of para-hydroxylation sites is 1. The number of nitrogens with zero attached hydrogens (tertiary/aromatic N) is 1. The Labute approximate surface area is 141 Å². The van der Waals surface area contributed by atoms with E-state index in [1.54, 1.807) is 11.3 Å². The molecule has 0 spiro atoms. The molecule has 0 saturated carbocycles. The Morgan fingerprint density at radius 2 is 2.04 bits per heavy atom. The second-order valence-electron chi connectivity index (χ2n) is 4.72. The molecule has 118 valence electrons. The molecule has 0 saturated heterocycles. The van der Waals surface area contributed by atoms with Crippen molar-refractivity contribution in [1.29, 1.82) is 0 Å². The van der Waals surface area contributed by atoms with E-state index < -0.39 is 0 Å². The molecule has 0 aliphatic rings. The first-order valence-corrected chi connectivity index (χ1v) is 8.65. The molecule has 0 bridgehead atoms. The summed E-state index contributed by atoms with van der Waals surface area (Å²) in [5, 5.41) is 5.33. The Balaban J connectivity index is 1.48. The van der Waals surface area contributed by atoms with Gasteiger partial charge >= 0.3 is 0 Å². The minimum atomic E-state index is -0.151. The number of thiazole rings is 1. The highest BCUT2D eigenvalue weighted by molar-refractivity contribution is 7.16. The van der Waals surface area contributed by atoms with Crippen LogP contribution in [0, 0.1) is 0 Å². The first kappa shape index (κ1) is 15.5. The lowest BCUT2D eigenvalue weighted by molar-refractivity contribution is -0.123. The number of aromatic nitrogens is 1. The largest absolute Gasteiger partial charge is 0.484 e. The molecule has 5 nitrogen and oxygen atoms in total. The number of amides is 1. The molecule has 0 unspecified atom stereocenters. The van der Waals surface area contributed by atoms with Crippen molar-refractivity contribution in [2.45, 2.75) is 6.54 Å². The molecule has 3 rings (SSSR count). The van der Waals surface area contributed by atoms with Gasteiger partial charge in [0.05, 0.1) is 17.1 Å². The van der Waals surface area contributed by atoms with E-state index in [0.717, 1.165) is 15.4 Å². The zero-order valence-corrected chi connectivity index (χ0v) is 13.8. The molecule has 1 amide bonds. The Morgan fingerprint density at radius 1 is 1.22 bits per heavy atom. The van der Waals surface area contributed by atoms with Crippen LogP contribution in [-0.2, 0) is 11.3 Å². The average molecular weight is 345 g/mol. The van der Waals surface area contributed by atoms with Crippen molar-refractivity contribution in [2.75, 3.05) is 12.3 Å². The van der Waals surface area contributed by atoms with Gasteiger partial charge in [-0.3, -0.25) is 4.79 Å². The van der Waals surface area contributed by atoms with Gasteiger partial charge in [-0.1, -0.05) is 18.2 Å². The van der Waals surface area contributed by atoms with Crippen molar-refractivity contribution < 1.29 is 9.53 Å². The predicted molar refractivity (Wildman–Crippen MR) is 93.6 cm³/mol. The Kier molecular flexibility index (Phi) is 4.89. The number of nitrogens with one attached hydrogen (secondary N) is 1. The minimum Gasteiger partial charge on any atom is -0.484 e. The number of carbonyl (C=O) groups is 1. The number of thiophene rings is 1. The van der Waals surface area contributed by atoms with Crippen LogP contribution in [0.2, 0.25) is 0 Å². The Bertz CT molecular complexity index is 783. The van der Waals surface area contributed by atoms with Crippen molar-refractivity contribution in [1.82, 2.24) is 10.3 Å². The lowest BCUT2D eigenvalue weighted by Gasteiger charge is -2.06. The molecule has 3 N–H and O–H groups in total. The smallest absolute Gasteiger partial charge is 0.258 e. The second-order valence-corrected chi connectivity index (χ2v) is 6.77. The van der Waals surface area contributed by atoms with E-state index in [2.05, 4.69) is 10.3 Å². The number of nitrogen functional groups attached to an aromatic ring is 1. The molecule has 2 heterocycles. The van der Waals surface area contributed by atoms with Crippen LogP contribution in [0.3, 0.4) is 0 Å². The number of anilines is 1. The van der Waals surface area contributed by atoms with Crippen LogP contribution in [-0.4, -0.2) is 17.5 Å². The van der Waals surface area contributed by atoms with Crippen molar-refractivity contribution in [3.63, 3.8) is 0 Å². The van der Waals surface area contributed by atoms with Gasteiger partial charge in [0.15, 0.2) is 11.7 Å². The highest BCUT2D eigenvalue weighted by atomic mass is 32.1. The number of hydrogen-bond acceptors (Lipinski definition) is 6. The highest BCUT2D eigenvalue weighted by Gasteiger charge is 2.08. The Morgan fingerprint density at radius 3 is 2.78 bits per heavy atom. The maximum Gasteiger partial charge on any atom is 0.258 e. The summed E-state index contributed by atoms with van der Waals surface area (Å²) in [4.78, 5) is 18.2. The molecule has 0 aliphatic heterocycles. The zero-order valence-electron chi connectivity index (χ0n) is 12.2. The topological polar surface area (TPSA) is 77.2 Å². The molecule has 0 fully saturated rings. The van der Waals surface area contributed by atoms with Gasteiger partial charge in [-0.2, -0.15) is 0 Å². The third-order valence-corrected chi connectivity index (χ3v) is 4.79. The quantitative estimate of drug-likeness (QED) is 0.719. The molecule has 23 heavy (non-hydrogen) atoms. The van der Waals surface area contributed by atoms with Gasteiger partial charge in [0.2, 0.25) is 0 Å². The number of ether oxygens (including phenoxy) is 1. The van der Waals surface area contributed by atoms with E-state index in [9.17, 15) is 4.79 Å². The van der Waals surface area contributed by atoms with Crippen LogP contribution in [0.5, 0.6) is 5.75 Å². The molecule has 0 aliphatic carbocycles. The predicted octanol–water partition coefficient (Wildman–Crippen LogP) is 3.15. The summed E-state index contributed by atoms with van der Waals surface area (Å²) in [5.74, 6) is 0.531. The lowest BCUT2D eigenvalue weighted by atomic mass is 10.3. The number of benzene rings is 1. The van der Waals surface area contributed by atoms with Crippen LogP contribution in [0.1, 0.15) is 4.88 Å². The minimum absolute atomic E-state index is 0.00483. The van der Waals surface area contributed by atoms with Crippen LogP contribution in [0.4, 0.5) is 5.13 Å². The second kappa shape index (κ2) is 7.26. The monoisotopic (exact) mass is 345 g/mol. The number of rotatable bonds is 6. The average Bonchev–Trinajstić information content (AvgIpc) is 3.20. The van der Waals surface area contributed by atoms with Crippen molar-refractivity contribution in [3.8, 4) is 16.3 Å². The summed E-state index contributed by atoms with van der Waals surface area (Å²) >= 11 is 3.01. The van der Waals surface area contributed by atoms with Crippen LogP contribution in [0.15, 0.2) is 47.8 Å². The van der Waals surface area contributed by atoms with Gasteiger partial charge in [-0.25, -0.2) is 4.98 Å². The van der Waals surface area contributed by atoms with Gasteiger partial charge in [-0.15, -0.1) is 22.7 Å². The zero-order chi connectivity index (χ0) is 16.1. The first-order chi connectivity index (χ1) is 11.2. The maximum atomic E-state index is 11.8. The molecule has 1 aromatic carbocycles. The van der Waals surface area contributed by atoms with E-state index >= 15 is 0 Å². The SMILES string of the molecule is Nc1nc(-c2ccc(CNC(=O)COc3ccccc3)s2)cs1. The van der Waals surface area contributed by atoms with Crippen LogP contribution in [0.25, 0.3) is 10.6 Å². The fourth-order valence-electron chi connectivity index (χ4n) is 1.91. The molecule has 0 radical (unpaired) electrons. The van der Waals surface area contributed by atoms with Crippen molar-refractivity contribution >= 4 is 33.7 Å². The van der Waals surface area contributed by atoms with E-state index in [4.69, 9.17) is 10.5 Å². The van der Waals surface area contributed by atoms with Crippen LogP contribution >= 0.6 is 22.7 Å². The van der Waals surface area contributed by atoms with Gasteiger partial charge in [0.25, 0.3) is 5.91 Å². The number of nitrogens with two attached hydrogens (primary N) is 1. The summed E-state index contributed by atoms with van der Waals surface area (Å²) in [6.07, 6.45) is 0. The fraction of sp³-hybridized carbons (Fsp3) is 0.125. The molecule has 7 heteroatoms.